The molecule has 0 spiro atoms. The Bertz CT molecular complexity index is 508. The van der Waals surface area contributed by atoms with Crippen LogP contribution in [0.2, 0.25) is 0 Å². The summed E-state index contributed by atoms with van der Waals surface area (Å²) in [5.41, 5.74) is 1.15. The highest BCUT2D eigenvalue weighted by atomic mass is 16.1. The van der Waals surface area contributed by atoms with Crippen molar-refractivity contribution in [2.75, 3.05) is 0 Å². The molecule has 0 atom stereocenters. The number of hydrogen-bond donors (Lipinski definition) is 0. The summed E-state index contributed by atoms with van der Waals surface area (Å²) in [7, 11) is 0. The predicted octanol–water partition coefficient (Wildman–Crippen LogP) is 1.30. The molecule has 0 radical (unpaired) electrons. The smallest absolute Gasteiger partial charge is 0.206 e. The zero-order valence-electron chi connectivity index (χ0n) is 7.19. The van der Waals surface area contributed by atoms with E-state index in [0.717, 1.165) is 11.1 Å². The van der Waals surface area contributed by atoms with Gasteiger partial charge in [-0.1, -0.05) is 18.2 Å². The molecule has 0 unspecified atom stereocenters. The third-order valence-corrected chi connectivity index (χ3v) is 1.81. The number of aryl methyl sites for hydroxylation is 1. The summed E-state index contributed by atoms with van der Waals surface area (Å²) in [6.07, 6.45) is 0. The molecule has 0 aliphatic carbocycles. The van der Waals surface area contributed by atoms with Crippen LogP contribution in [0.1, 0.15) is 5.69 Å². The van der Waals surface area contributed by atoms with E-state index in [4.69, 9.17) is 0 Å². The summed E-state index contributed by atoms with van der Waals surface area (Å²) < 4.78 is 0. The van der Waals surface area contributed by atoms with E-state index in [1.54, 1.807) is 6.07 Å². The van der Waals surface area contributed by atoms with Gasteiger partial charge in [-0.3, -0.25) is 4.79 Å². The van der Waals surface area contributed by atoms with Gasteiger partial charge in [-0.25, -0.2) is 0 Å². The van der Waals surface area contributed by atoms with E-state index in [-0.39, 0.29) is 5.43 Å². The van der Waals surface area contributed by atoms with Crippen molar-refractivity contribution in [3.63, 3.8) is 0 Å². The van der Waals surface area contributed by atoms with E-state index in [0.29, 0.717) is 5.52 Å². The minimum absolute atomic E-state index is 0.0903. The third kappa shape index (κ3) is 1.40. The van der Waals surface area contributed by atoms with Gasteiger partial charge in [-0.15, -0.1) is 5.10 Å². The van der Waals surface area contributed by atoms with Gasteiger partial charge in [0.15, 0.2) is 0 Å². The lowest BCUT2D eigenvalue weighted by molar-refractivity contribution is 1.02. The van der Waals surface area contributed by atoms with E-state index in [1.165, 1.54) is 6.07 Å². The highest BCUT2D eigenvalue weighted by Crippen LogP contribution is 2.04. The van der Waals surface area contributed by atoms with Crippen LogP contribution in [-0.4, -0.2) is 10.2 Å². The van der Waals surface area contributed by atoms with Crippen molar-refractivity contribution >= 4 is 10.9 Å². The van der Waals surface area contributed by atoms with Gasteiger partial charge in [0.2, 0.25) is 5.43 Å². The van der Waals surface area contributed by atoms with Crippen molar-refractivity contribution in [1.82, 2.24) is 10.2 Å². The van der Waals surface area contributed by atoms with Crippen LogP contribution < -0.4 is 5.43 Å². The molecule has 3 heteroatoms. The fourth-order valence-corrected chi connectivity index (χ4v) is 1.21. The van der Waals surface area contributed by atoms with Crippen LogP contribution in [0.25, 0.3) is 10.9 Å². The lowest BCUT2D eigenvalue weighted by atomic mass is 10.3. The monoisotopic (exact) mass is 172 g/mol. The fraction of sp³-hybridized carbons (Fsp3) is 0.100. The number of fused-ring (bicyclic) bond motifs is 1. The van der Waals surface area contributed by atoms with Crippen molar-refractivity contribution in [1.29, 1.82) is 0 Å². The minimum atomic E-state index is -0.0903. The largest absolute Gasteiger partial charge is 0.287 e. The zero-order valence-corrected chi connectivity index (χ0v) is 7.19. The molecule has 0 fully saturated rings. The van der Waals surface area contributed by atoms with Gasteiger partial charge in [-0.2, -0.15) is 5.10 Å². The van der Waals surface area contributed by atoms with Gasteiger partial charge in [0, 0.05) is 5.39 Å². The Morgan fingerprint density at radius 1 is 1.15 bits per heavy atom. The highest BCUT2D eigenvalue weighted by Gasteiger charge is 1.97. The summed E-state index contributed by atoms with van der Waals surface area (Å²) in [6.45, 7) is 1.85. The Balaban J connectivity index is 3.00. The molecule has 0 saturated heterocycles. The first-order valence-corrected chi connectivity index (χ1v) is 4.01. The second-order valence-corrected chi connectivity index (χ2v) is 2.87. The maximum absolute atomic E-state index is 11.4. The molecule has 0 bridgehead atoms. The second kappa shape index (κ2) is 2.94. The lowest BCUT2D eigenvalue weighted by Gasteiger charge is -1.90. The molecule has 0 amide bonds. The molecule has 3 nitrogen and oxygen atoms in total. The Morgan fingerprint density at radius 3 is 2.77 bits per heavy atom. The number of rotatable bonds is 0. The Morgan fingerprint density at radius 2 is 1.92 bits per heavy atom. The van der Waals surface area contributed by atoms with Gasteiger partial charge in [0.25, 0.3) is 0 Å². The zero-order chi connectivity index (χ0) is 9.26. The molecule has 0 N–H and O–H groups in total. The molecule has 64 valence electrons. The maximum atomic E-state index is 11.4. The Kier molecular flexibility index (Phi) is 1.77. The SMILES string of the molecule is Cc1cc2ccccc(=O)c2nn1. The summed E-state index contributed by atoms with van der Waals surface area (Å²) in [6, 6.07) is 8.73. The van der Waals surface area contributed by atoms with Crippen molar-refractivity contribution in [2.24, 2.45) is 0 Å². The van der Waals surface area contributed by atoms with E-state index in [2.05, 4.69) is 10.2 Å². The number of nitrogens with zero attached hydrogens (tertiary/aromatic N) is 2. The Labute approximate surface area is 75.1 Å². The first-order chi connectivity index (χ1) is 6.27. The van der Waals surface area contributed by atoms with Gasteiger partial charge in [-0.05, 0) is 19.1 Å². The van der Waals surface area contributed by atoms with Crippen LogP contribution in [0.4, 0.5) is 0 Å². The van der Waals surface area contributed by atoms with Crippen LogP contribution in [0, 0.1) is 6.92 Å². The molecule has 1 heterocycles. The molecule has 2 rings (SSSR count). The second-order valence-electron chi connectivity index (χ2n) is 2.87. The molecule has 2 aromatic rings. The van der Waals surface area contributed by atoms with Crippen molar-refractivity contribution in [3.05, 3.63) is 46.2 Å². The average molecular weight is 172 g/mol. The van der Waals surface area contributed by atoms with Crippen LogP contribution >= 0.6 is 0 Å². The van der Waals surface area contributed by atoms with Gasteiger partial charge in [0.1, 0.15) is 5.52 Å². The highest BCUT2D eigenvalue weighted by molar-refractivity contribution is 5.76. The standard InChI is InChI=1S/C10H8N2O/c1-7-6-8-4-2-3-5-9(13)10(8)12-11-7/h2-6H,1H3. The molecule has 0 aliphatic rings. The maximum Gasteiger partial charge on any atom is 0.206 e. The molecule has 0 aliphatic heterocycles. The lowest BCUT2D eigenvalue weighted by Crippen LogP contribution is -1.99. The third-order valence-electron chi connectivity index (χ3n) is 1.81. The topological polar surface area (TPSA) is 42.9 Å². The van der Waals surface area contributed by atoms with Gasteiger partial charge in [0.05, 0.1) is 5.69 Å². The normalized spacial score (nSPS) is 10.2. The van der Waals surface area contributed by atoms with Crippen molar-refractivity contribution in [2.45, 2.75) is 6.92 Å². The van der Waals surface area contributed by atoms with E-state index < -0.39 is 0 Å². The van der Waals surface area contributed by atoms with Crippen molar-refractivity contribution in [3.8, 4) is 0 Å². The predicted molar refractivity (Wildman–Crippen MR) is 50.5 cm³/mol. The Hall–Kier alpha value is -1.77. The summed E-state index contributed by atoms with van der Waals surface area (Å²) in [5, 5.41) is 8.54. The molecule has 1 aromatic carbocycles. The van der Waals surface area contributed by atoms with Gasteiger partial charge < -0.3 is 0 Å². The number of aromatic nitrogens is 2. The molecule has 0 saturated carbocycles. The van der Waals surface area contributed by atoms with Crippen molar-refractivity contribution < 1.29 is 0 Å². The minimum Gasteiger partial charge on any atom is -0.287 e. The molecular formula is C10H8N2O. The summed E-state index contributed by atoms with van der Waals surface area (Å²) in [5.74, 6) is 0. The molecular weight excluding hydrogens is 164 g/mol. The summed E-state index contributed by atoms with van der Waals surface area (Å²) >= 11 is 0. The quantitative estimate of drug-likeness (QED) is 0.601. The van der Waals surface area contributed by atoms with Gasteiger partial charge >= 0.3 is 0 Å². The van der Waals surface area contributed by atoms with Crippen LogP contribution in [0.5, 0.6) is 0 Å². The first-order valence-electron chi connectivity index (χ1n) is 4.01. The fourth-order valence-electron chi connectivity index (χ4n) is 1.21. The van der Waals surface area contributed by atoms with E-state index in [9.17, 15) is 4.79 Å². The summed E-state index contributed by atoms with van der Waals surface area (Å²) in [4.78, 5) is 11.4. The van der Waals surface area contributed by atoms with E-state index >= 15 is 0 Å². The number of hydrogen-bond acceptors (Lipinski definition) is 3. The van der Waals surface area contributed by atoms with Crippen LogP contribution in [0.15, 0.2) is 35.1 Å². The van der Waals surface area contributed by atoms with E-state index in [1.807, 2.05) is 25.1 Å². The molecule has 1 aromatic heterocycles. The molecule has 13 heavy (non-hydrogen) atoms. The van der Waals surface area contributed by atoms with Crippen LogP contribution in [0.3, 0.4) is 0 Å². The van der Waals surface area contributed by atoms with Crippen LogP contribution in [-0.2, 0) is 0 Å². The first kappa shape index (κ1) is 7.86. The average Bonchev–Trinajstić information content (AvgIpc) is 2.28.